The normalized spacial score (nSPS) is 14.4. The molecule has 6 heteroatoms. The highest BCUT2D eigenvalue weighted by Crippen LogP contribution is 2.25. The van der Waals surface area contributed by atoms with E-state index in [2.05, 4.69) is 63.5 Å². The molecular formula is C44H68O6. The van der Waals surface area contributed by atoms with Gasteiger partial charge in [-0.15, -0.1) is 0 Å². The zero-order valence-electron chi connectivity index (χ0n) is 31.9. The van der Waals surface area contributed by atoms with Crippen molar-refractivity contribution in [3.8, 4) is 23.7 Å². The van der Waals surface area contributed by atoms with Gasteiger partial charge >= 0.3 is 0 Å². The Labute approximate surface area is 305 Å². The third-order valence-electron chi connectivity index (χ3n) is 7.68. The van der Waals surface area contributed by atoms with Crippen LogP contribution in [-0.4, -0.2) is 56.4 Å². The predicted molar refractivity (Wildman–Crippen MR) is 210 cm³/mol. The van der Waals surface area contributed by atoms with Gasteiger partial charge in [0.1, 0.15) is 11.6 Å². The van der Waals surface area contributed by atoms with Crippen molar-refractivity contribution in [2.24, 2.45) is 5.41 Å². The molecule has 6 nitrogen and oxygen atoms in total. The summed E-state index contributed by atoms with van der Waals surface area (Å²) in [7, 11) is 0. The Morgan fingerprint density at radius 2 is 1.06 bits per heavy atom. The second kappa shape index (κ2) is 34.2. The molecule has 4 N–H and O–H groups in total. The van der Waals surface area contributed by atoms with Gasteiger partial charge in [-0.05, 0) is 88.5 Å². The highest BCUT2D eigenvalue weighted by molar-refractivity contribution is 5.75. The lowest BCUT2D eigenvalue weighted by Gasteiger charge is -2.19. The average molecular weight is 693 g/mol. The minimum Gasteiger partial charge on any atom is -0.390 e. The van der Waals surface area contributed by atoms with Gasteiger partial charge in [0, 0.05) is 12.8 Å². The number of carbonyl (C=O) groups excluding carboxylic acids is 2. The minimum atomic E-state index is -0.927. The predicted octanol–water partition coefficient (Wildman–Crippen LogP) is 8.86. The van der Waals surface area contributed by atoms with Crippen molar-refractivity contribution >= 4 is 11.6 Å². The number of aliphatic hydroxyl groups excluding tert-OH is 4. The molecule has 50 heavy (non-hydrogen) atoms. The van der Waals surface area contributed by atoms with E-state index in [1.807, 2.05) is 12.2 Å². The van der Waals surface area contributed by atoms with Gasteiger partial charge in [-0.3, -0.25) is 0 Å². The quantitative estimate of drug-likeness (QED) is 0.0457. The van der Waals surface area contributed by atoms with Crippen LogP contribution < -0.4 is 0 Å². The van der Waals surface area contributed by atoms with E-state index in [1.54, 1.807) is 36.5 Å². The van der Waals surface area contributed by atoms with Crippen LogP contribution in [-0.2, 0) is 9.59 Å². The van der Waals surface area contributed by atoms with E-state index in [4.69, 9.17) is 0 Å². The summed E-state index contributed by atoms with van der Waals surface area (Å²) in [6.45, 7) is 11.9. The van der Waals surface area contributed by atoms with E-state index >= 15 is 0 Å². The van der Waals surface area contributed by atoms with Gasteiger partial charge in [-0.1, -0.05) is 139 Å². The van der Waals surface area contributed by atoms with Crippen LogP contribution in [0.4, 0.5) is 0 Å². The van der Waals surface area contributed by atoms with Gasteiger partial charge in [0.05, 0.1) is 24.4 Å². The van der Waals surface area contributed by atoms with Crippen LogP contribution >= 0.6 is 0 Å². The number of rotatable bonds is 24. The summed E-state index contributed by atoms with van der Waals surface area (Å²) in [5, 5.41) is 39.1. The van der Waals surface area contributed by atoms with Crippen molar-refractivity contribution < 1.29 is 30.0 Å². The summed E-state index contributed by atoms with van der Waals surface area (Å²) in [5.74, 6) is 11.9. The van der Waals surface area contributed by atoms with E-state index < -0.39 is 24.4 Å². The first-order valence-electron chi connectivity index (χ1n) is 18.6. The largest absolute Gasteiger partial charge is 0.390 e. The van der Waals surface area contributed by atoms with Crippen molar-refractivity contribution in [2.45, 2.75) is 162 Å². The van der Waals surface area contributed by atoms with Crippen LogP contribution in [0.3, 0.4) is 0 Å². The fourth-order valence-corrected chi connectivity index (χ4v) is 4.49. The van der Waals surface area contributed by atoms with Crippen molar-refractivity contribution in [2.75, 3.05) is 0 Å². The lowest BCUT2D eigenvalue weighted by atomic mass is 9.86. The number of allylic oxidation sites excluding steroid dienone is 10. The number of aliphatic hydroxyl groups is 4. The zero-order valence-corrected chi connectivity index (χ0v) is 31.9. The second-order valence-corrected chi connectivity index (χ2v) is 13.4. The molecule has 0 heterocycles. The van der Waals surface area contributed by atoms with Crippen LogP contribution in [0.15, 0.2) is 72.9 Å². The molecule has 0 aromatic heterocycles. The maximum Gasteiger partial charge on any atom is 0.129 e. The molecule has 0 saturated carbocycles. The molecule has 0 aromatic rings. The monoisotopic (exact) mass is 693 g/mol. The molecule has 0 aromatic carbocycles. The third-order valence-corrected chi connectivity index (χ3v) is 7.68. The van der Waals surface area contributed by atoms with Crippen molar-refractivity contribution in [1.82, 2.24) is 0 Å². The van der Waals surface area contributed by atoms with Crippen LogP contribution in [0.25, 0.3) is 0 Å². The van der Waals surface area contributed by atoms with Gasteiger partial charge in [0.15, 0.2) is 0 Å². The second-order valence-electron chi connectivity index (χ2n) is 13.4. The summed E-state index contributed by atoms with van der Waals surface area (Å²) >= 11 is 0. The molecule has 280 valence electrons. The van der Waals surface area contributed by atoms with E-state index in [9.17, 15) is 30.0 Å². The number of hydrogen-bond acceptors (Lipinski definition) is 6. The number of hydrogen-bond donors (Lipinski definition) is 4. The van der Waals surface area contributed by atoms with E-state index in [0.717, 1.165) is 6.42 Å². The Balaban J connectivity index is 0. The molecule has 0 aliphatic carbocycles. The van der Waals surface area contributed by atoms with Gasteiger partial charge in [-0.2, -0.15) is 0 Å². The minimum absolute atomic E-state index is 0.0992. The zero-order chi connectivity index (χ0) is 37.9. The summed E-state index contributed by atoms with van der Waals surface area (Å²) in [6.07, 6.45) is 31.7. The van der Waals surface area contributed by atoms with E-state index in [0.29, 0.717) is 38.5 Å². The topological polar surface area (TPSA) is 115 Å². The molecule has 0 aliphatic rings. The maximum absolute atomic E-state index is 10.8. The molecule has 0 radical (unpaired) electrons. The highest BCUT2D eigenvalue weighted by Gasteiger charge is 2.14. The molecule has 0 saturated heterocycles. The molecule has 0 bridgehead atoms. The van der Waals surface area contributed by atoms with E-state index in [1.165, 1.54) is 77.4 Å². The molecule has 4 atom stereocenters. The molecular weight excluding hydrogens is 624 g/mol. The lowest BCUT2D eigenvalue weighted by Crippen LogP contribution is -2.23. The Morgan fingerprint density at radius 1 is 0.600 bits per heavy atom. The van der Waals surface area contributed by atoms with Gasteiger partial charge in [0.25, 0.3) is 0 Å². The summed E-state index contributed by atoms with van der Waals surface area (Å²) in [5.41, 5.74) is 0.177. The van der Waals surface area contributed by atoms with Gasteiger partial charge < -0.3 is 30.0 Å². The summed E-state index contributed by atoms with van der Waals surface area (Å²) in [4.78, 5) is 21.7. The standard InChI is InChI=1S/C23H36O3.C21H32O3/c1-5-6-12-18-23(3,4)19-13-10-8-7-9-11-16-21(25)22(26)17-14-15-20(2)24;1-3-4-5-6-7-8-9-10-11-12-13-14-17-20(23)21(24)18-15-16-19(2)22/h7,9,11,13,16,19,21-22,25-26H,5-6,12,14-15,17-18H2,1-4H3;8-9,12-14,17,20-21,23-24H,3-7,15-16,18H2,1-2H3/b9-7+,16-11+,19-13+;9-8+,13-12+,17-14+/t21-,22+;20-,21+/m11/s1. The first-order chi connectivity index (χ1) is 23.9. The summed E-state index contributed by atoms with van der Waals surface area (Å²) < 4.78 is 0. The summed E-state index contributed by atoms with van der Waals surface area (Å²) in [6, 6.07) is 0. The average Bonchev–Trinajstić information content (AvgIpc) is 3.06. The Bertz CT molecular complexity index is 1180. The maximum atomic E-state index is 10.8. The van der Waals surface area contributed by atoms with Crippen molar-refractivity contribution in [1.29, 1.82) is 0 Å². The Hall–Kier alpha value is -3.26. The lowest BCUT2D eigenvalue weighted by molar-refractivity contribution is -0.118. The number of carbonyl (C=O) groups is 2. The molecule has 0 aliphatic heterocycles. The van der Waals surface area contributed by atoms with Crippen LogP contribution in [0.5, 0.6) is 0 Å². The number of Topliss-reactive ketones (excluding diaryl/α,β-unsaturated/α-hetero) is 2. The Kier molecular flexibility index (Phi) is 33.4. The first kappa shape index (κ1) is 48.9. The van der Waals surface area contributed by atoms with Crippen molar-refractivity contribution in [3.05, 3.63) is 72.9 Å². The molecule has 0 rings (SSSR count). The van der Waals surface area contributed by atoms with Crippen LogP contribution in [0, 0.1) is 29.1 Å². The fourth-order valence-electron chi connectivity index (χ4n) is 4.49. The van der Waals surface area contributed by atoms with Crippen LogP contribution in [0.1, 0.15) is 138 Å². The first-order valence-corrected chi connectivity index (χ1v) is 18.6. The molecule has 0 spiro atoms. The number of ketones is 2. The molecule has 0 unspecified atom stereocenters. The molecule has 0 amide bonds. The Morgan fingerprint density at radius 3 is 1.54 bits per heavy atom. The van der Waals surface area contributed by atoms with Gasteiger partial charge in [0.2, 0.25) is 0 Å². The van der Waals surface area contributed by atoms with Crippen molar-refractivity contribution in [3.63, 3.8) is 0 Å². The van der Waals surface area contributed by atoms with E-state index in [-0.39, 0.29) is 17.0 Å². The number of unbranched alkanes of at least 4 members (excludes halogenated alkanes) is 6. The van der Waals surface area contributed by atoms with Crippen LogP contribution in [0.2, 0.25) is 0 Å². The molecule has 0 fully saturated rings. The third kappa shape index (κ3) is 36.0. The SMILES string of the molecule is CCCCCC(C)(C)/C=C/C#C/C=C/C=C/[C@@H](O)[C@@H](O)CCCC(C)=O.CCCCCC/C=C/C#C/C=C/C=C/[C@@H](O)[C@@H](O)CCCC(C)=O. The fraction of sp³-hybridized carbons (Fsp3) is 0.591. The highest BCUT2D eigenvalue weighted by atomic mass is 16.3. The van der Waals surface area contributed by atoms with Gasteiger partial charge in [-0.25, -0.2) is 0 Å². The smallest absolute Gasteiger partial charge is 0.129 e.